The predicted octanol–water partition coefficient (Wildman–Crippen LogP) is 2.07. The van der Waals surface area contributed by atoms with Crippen molar-refractivity contribution in [3.8, 4) is 0 Å². The van der Waals surface area contributed by atoms with Crippen LogP contribution >= 0.6 is 0 Å². The first kappa shape index (κ1) is 14.4. The molecule has 1 aromatic carbocycles. The standard InChI is InChI=1S/C13H15F2N3O2/c14-11(15)8-19-6-5-12-17-13(20-18-12)7-9-1-3-10(16)4-2-9/h1-4,11H,5-8,16H2. The second-order valence-electron chi connectivity index (χ2n) is 4.24. The third kappa shape index (κ3) is 4.58. The van der Waals surface area contributed by atoms with Gasteiger partial charge in [-0.25, -0.2) is 8.78 Å². The Kier molecular flexibility index (Phi) is 5.00. The van der Waals surface area contributed by atoms with Crippen molar-refractivity contribution in [3.63, 3.8) is 0 Å². The van der Waals surface area contributed by atoms with Gasteiger partial charge < -0.3 is 15.0 Å². The summed E-state index contributed by atoms with van der Waals surface area (Å²) in [6.45, 7) is -0.429. The quantitative estimate of drug-likeness (QED) is 0.622. The number of nitrogens with two attached hydrogens (primary N) is 1. The summed E-state index contributed by atoms with van der Waals surface area (Å²) in [5.41, 5.74) is 7.29. The highest BCUT2D eigenvalue weighted by Crippen LogP contribution is 2.10. The van der Waals surface area contributed by atoms with Gasteiger partial charge in [-0.05, 0) is 17.7 Å². The van der Waals surface area contributed by atoms with E-state index in [-0.39, 0.29) is 6.61 Å². The molecule has 0 aliphatic carbocycles. The Morgan fingerprint density at radius 3 is 2.70 bits per heavy atom. The van der Waals surface area contributed by atoms with Crippen molar-refractivity contribution in [1.82, 2.24) is 10.1 Å². The number of anilines is 1. The van der Waals surface area contributed by atoms with E-state index in [1.54, 1.807) is 12.1 Å². The maximum absolute atomic E-state index is 11.9. The van der Waals surface area contributed by atoms with Crippen LogP contribution in [-0.4, -0.2) is 29.8 Å². The molecule has 0 radical (unpaired) electrons. The van der Waals surface area contributed by atoms with Crippen LogP contribution in [-0.2, 0) is 17.6 Å². The number of aromatic nitrogens is 2. The third-order valence-corrected chi connectivity index (χ3v) is 2.56. The Labute approximate surface area is 114 Å². The van der Waals surface area contributed by atoms with E-state index in [0.29, 0.717) is 30.2 Å². The molecule has 2 N–H and O–H groups in total. The topological polar surface area (TPSA) is 74.2 Å². The van der Waals surface area contributed by atoms with Crippen LogP contribution in [0.1, 0.15) is 17.3 Å². The number of halogens is 2. The van der Waals surface area contributed by atoms with E-state index in [9.17, 15) is 8.78 Å². The molecular formula is C13H15F2N3O2. The number of hydrogen-bond acceptors (Lipinski definition) is 5. The number of nitrogen functional groups attached to an aromatic ring is 1. The summed E-state index contributed by atoms with van der Waals surface area (Å²) in [7, 11) is 0. The van der Waals surface area contributed by atoms with Gasteiger partial charge in [0.2, 0.25) is 5.89 Å². The summed E-state index contributed by atoms with van der Waals surface area (Å²) < 4.78 is 33.5. The second-order valence-corrected chi connectivity index (χ2v) is 4.24. The van der Waals surface area contributed by atoms with Gasteiger partial charge in [-0.2, -0.15) is 4.98 Å². The first-order chi connectivity index (χ1) is 9.63. The monoisotopic (exact) mass is 283 g/mol. The molecular weight excluding hydrogens is 268 g/mol. The smallest absolute Gasteiger partial charge is 0.261 e. The van der Waals surface area contributed by atoms with Crippen molar-refractivity contribution in [2.45, 2.75) is 19.3 Å². The highest BCUT2D eigenvalue weighted by molar-refractivity contribution is 5.39. The predicted molar refractivity (Wildman–Crippen MR) is 68.5 cm³/mol. The molecule has 108 valence electrons. The summed E-state index contributed by atoms with van der Waals surface area (Å²) in [4.78, 5) is 4.17. The van der Waals surface area contributed by atoms with Crippen LogP contribution in [0, 0.1) is 0 Å². The molecule has 0 amide bonds. The summed E-state index contributed by atoms with van der Waals surface area (Å²) in [5, 5.41) is 3.77. The Bertz CT molecular complexity index is 529. The molecule has 2 aromatic rings. The summed E-state index contributed by atoms with van der Waals surface area (Å²) in [6.07, 6.45) is -1.61. The average molecular weight is 283 g/mol. The van der Waals surface area contributed by atoms with Crippen LogP contribution < -0.4 is 5.73 Å². The van der Waals surface area contributed by atoms with Gasteiger partial charge in [-0.3, -0.25) is 0 Å². The SMILES string of the molecule is Nc1ccc(Cc2nc(CCOCC(F)F)no2)cc1. The van der Waals surface area contributed by atoms with Gasteiger partial charge in [0.15, 0.2) is 5.82 Å². The van der Waals surface area contributed by atoms with Gasteiger partial charge >= 0.3 is 0 Å². The van der Waals surface area contributed by atoms with Crippen LogP contribution in [0.3, 0.4) is 0 Å². The minimum absolute atomic E-state index is 0.144. The fourth-order valence-corrected chi connectivity index (χ4v) is 1.61. The first-order valence-electron chi connectivity index (χ1n) is 6.15. The highest BCUT2D eigenvalue weighted by Gasteiger charge is 2.08. The molecule has 1 heterocycles. The molecule has 0 bridgehead atoms. The zero-order valence-electron chi connectivity index (χ0n) is 10.8. The lowest BCUT2D eigenvalue weighted by atomic mass is 10.1. The van der Waals surface area contributed by atoms with Crippen LogP contribution in [0.25, 0.3) is 0 Å². The Morgan fingerprint density at radius 2 is 2.00 bits per heavy atom. The van der Waals surface area contributed by atoms with Crippen molar-refractivity contribution >= 4 is 5.69 Å². The van der Waals surface area contributed by atoms with Crippen molar-refractivity contribution in [1.29, 1.82) is 0 Å². The molecule has 0 aliphatic rings. The Hall–Kier alpha value is -2.02. The van der Waals surface area contributed by atoms with E-state index >= 15 is 0 Å². The maximum Gasteiger partial charge on any atom is 0.261 e. The Morgan fingerprint density at radius 1 is 1.25 bits per heavy atom. The molecule has 0 aliphatic heterocycles. The lowest BCUT2D eigenvalue weighted by Crippen LogP contribution is -2.07. The van der Waals surface area contributed by atoms with E-state index in [1.807, 2.05) is 12.1 Å². The molecule has 7 heteroatoms. The van der Waals surface area contributed by atoms with Crippen LogP contribution in [0.2, 0.25) is 0 Å². The molecule has 0 atom stereocenters. The van der Waals surface area contributed by atoms with Gasteiger partial charge in [-0.1, -0.05) is 17.3 Å². The largest absolute Gasteiger partial charge is 0.399 e. The van der Waals surface area contributed by atoms with E-state index < -0.39 is 13.0 Å². The molecule has 0 fully saturated rings. The number of ether oxygens (including phenoxy) is 1. The van der Waals surface area contributed by atoms with Gasteiger partial charge in [0.25, 0.3) is 6.43 Å². The molecule has 20 heavy (non-hydrogen) atoms. The number of benzene rings is 1. The first-order valence-corrected chi connectivity index (χ1v) is 6.15. The van der Waals surface area contributed by atoms with Crippen LogP contribution in [0.15, 0.2) is 28.8 Å². The van der Waals surface area contributed by atoms with Crippen LogP contribution in [0.4, 0.5) is 14.5 Å². The van der Waals surface area contributed by atoms with Gasteiger partial charge in [-0.15, -0.1) is 0 Å². The van der Waals surface area contributed by atoms with Gasteiger partial charge in [0.1, 0.15) is 6.61 Å². The minimum atomic E-state index is -2.46. The summed E-state index contributed by atoms with van der Waals surface area (Å²) in [5.74, 6) is 0.920. The summed E-state index contributed by atoms with van der Waals surface area (Å²) >= 11 is 0. The fraction of sp³-hybridized carbons (Fsp3) is 0.385. The maximum atomic E-state index is 11.9. The number of hydrogen-bond donors (Lipinski definition) is 1. The van der Waals surface area contributed by atoms with Crippen molar-refractivity contribution in [2.75, 3.05) is 18.9 Å². The zero-order valence-corrected chi connectivity index (χ0v) is 10.8. The second kappa shape index (κ2) is 6.95. The van der Waals surface area contributed by atoms with Gasteiger partial charge in [0.05, 0.1) is 13.0 Å². The number of nitrogens with zero attached hydrogens (tertiary/aromatic N) is 2. The summed E-state index contributed by atoms with van der Waals surface area (Å²) in [6, 6.07) is 7.35. The van der Waals surface area contributed by atoms with E-state index in [2.05, 4.69) is 10.1 Å². The van der Waals surface area contributed by atoms with Crippen molar-refractivity contribution in [2.24, 2.45) is 0 Å². The number of rotatable bonds is 7. The molecule has 0 saturated heterocycles. The zero-order chi connectivity index (χ0) is 14.4. The fourth-order valence-electron chi connectivity index (χ4n) is 1.61. The molecule has 0 unspecified atom stereocenters. The van der Waals surface area contributed by atoms with E-state index in [1.165, 1.54) is 0 Å². The van der Waals surface area contributed by atoms with Gasteiger partial charge in [0, 0.05) is 12.1 Å². The average Bonchev–Trinajstić information content (AvgIpc) is 2.85. The van der Waals surface area contributed by atoms with E-state index in [0.717, 1.165) is 5.56 Å². The molecule has 0 spiro atoms. The molecule has 1 aromatic heterocycles. The van der Waals surface area contributed by atoms with Crippen molar-refractivity contribution < 1.29 is 18.0 Å². The van der Waals surface area contributed by atoms with Crippen molar-refractivity contribution in [3.05, 3.63) is 41.5 Å². The molecule has 5 nitrogen and oxygen atoms in total. The lowest BCUT2D eigenvalue weighted by molar-refractivity contribution is 0.0182. The van der Waals surface area contributed by atoms with Crippen LogP contribution in [0.5, 0.6) is 0 Å². The minimum Gasteiger partial charge on any atom is -0.399 e. The third-order valence-electron chi connectivity index (χ3n) is 2.56. The Balaban J connectivity index is 1.81. The number of alkyl halides is 2. The normalized spacial score (nSPS) is 11.2. The van der Waals surface area contributed by atoms with E-state index in [4.69, 9.17) is 15.0 Å². The molecule has 0 saturated carbocycles. The lowest BCUT2D eigenvalue weighted by Gasteiger charge is -1.99. The highest BCUT2D eigenvalue weighted by atomic mass is 19.3. The molecule has 2 rings (SSSR count).